The first-order chi connectivity index (χ1) is 10.8. The molecule has 0 spiro atoms. The summed E-state index contributed by atoms with van der Waals surface area (Å²) in [7, 11) is 0. The largest absolute Gasteiger partial charge is 0.352 e. The number of hydrogen-bond donors (Lipinski definition) is 1. The Hall–Kier alpha value is -2.63. The topological polar surface area (TPSA) is 64.7 Å². The molecule has 0 saturated carbocycles. The number of amides is 1. The number of carbonyl (C=O) groups is 1. The van der Waals surface area contributed by atoms with Gasteiger partial charge in [0.1, 0.15) is 0 Å². The van der Waals surface area contributed by atoms with E-state index < -0.39 is 0 Å². The van der Waals surface area contributed by atoms with Crippen LogP contribution in [0.2, 0.25) is 0 Å². The summed E-state index contributed by atoms with van der Waals surface area (Å²) in [4.78, 5) is 11.9. The maximum atomic E-state index is 11.9. The molecular formula is C16H19N5O. The van der Waals surface area contributed by atoms with Gasteiger partial charge < -0.3 is 5.32 Å². The zero-order chi connectivity index (χ0) is 15.4. The van der Waals surface area contributed by atoms with Crippen LogP contribution < -0.4 is 5.32 Å². The summed E-state index contributed by atoms with van der Waals surface area (Å²) < 4.78 is 3.71. The quantitative estimate of drug-likeness (QED) is 0.756. The fourth-order valence-electron chi connectivity index (χ4n) is 2.37. The van der Waals surface area contributed by atoms with E-state index >= 15 is 0 Å². The van der Waals surface area contributed by atoms with E-state index in [-0.39, 0.29) is 5.91 Å². The number of rotatable bonds is 6. The minimum atomic E-state index is 0.0174. The Kier molecular flexibility index (Phi) is 4.18. The molecule has 114 valence electrons. The van der Waals surface area contributed by atoms with Crippen molar-refractivity contribution < 1.29 is 4.79 Å². The molecule has 0 radical (unpaired) electrons. The molecule has 0 bridgehead atoms. The summed E-state index contributed by atoms with van der Waals surface area (Å²) in [6.07, 6.45) is 5.96. The molecule has 1 N–H and O–H groups in total. The van der Waals surface area contributed by atoms with Crippen LogP contribution in [0.15, 0.2) is 42.9 Å². The van der Waals surface area contributed by atoms with E-state index in [0.29, 0.717) is 19.5 Å². The molecule has 6 nitrogen and oxygen atoms in total. The van der Waals surface area contributed by atoms with Crippen LogP contribution in [0.1, 0.15) is 18.9 Å². The molecule has 0 aliphatic heterocycles. The number of nitrogens with zero attached hydrogens (tertiary/aromatic N) is 4. The third-order valence-corrected chi connectivity index (χ3v) is 3.60. The molecule has 0 atom stereocenters. The molecule has 3 rings (SSSR count). The predicted molar refractivity (Wildman–Crippen MR) is 84.1 cm³/mol. The summed E-state index contributed by atoms with van der Waals surface area (Å²) in [6.45, 7) is 3.95. The number of aromatic nitrogens is 4. The Balaban J connectivity index is 1.52. The number of carbonyl (C=O) groups excluding carboxylic acids is 1. The first-order valence-corrected chi connectivity index (χ1v) is 7.45. The minimum Gasteiger partial charge on any atom is -0.352 e. The van der Waals surface area contributed by atoms with Crippen LogP contribution in [-0.4, -0.2) is 25.5 Å². The number of fused-ring (bicyclic) bond motifs is 1. The van der Waals surface area contributed by atoms with E-state index in [1.165, 1.54) is 0 Å². The zero-order valence-corrected chi connectivity index (χ0v) is 12.6. The molecule has 0 fully saturated rings. The van der Waals surface area contributed by atoms with Gasteiger partial charge in [0, 0.05) is 36.7 Å². The average molecular weight is 297 g/mol. The smallest absolute Gasteiger partial charge is 0.222 e. The van der Waals surface area contributed by atoms with Crippen molar-refractivity contribution in [2.45, 2.75) is 33.0 Å². The van der Waals surface area contributed by atoms with Crippen LogP contribution in [-0.2, 0) is 24.4 Å². The van der Waals surface area contributed by atoms with Crippen LogP contribution in [0, 0.1) is 0 Å². The highest BCUT2D eigenvalue weighted by atomic mass is 16.1. The van der Waals surface area contributed by atoms with Crippen molar-refractivity contribution in [1.82, 2.24) is 24.9 Å². The highest BCUT2D eigenvalue weighted by Crippen LogP contribution is 2.12. The molecule has 0 unspecified atom stereocenters. The number of aryl methyl sites for hydroxylation is 2. The van der Waals surface area contributed by atoms with Crippen LogP contribution in [0.5, 0.6) is 0 Å². The number of hydrogen-bond acceptors (Lipinski definition) is 3. The summed E-state index contributed by atoms with van der Waals surface area (Å²) in [5, 5.41) is 12.5. The van der Waals surface area contributed by atoms with E-state index in [1.807, 2.05) is 52.9 Å². The van der Waals surface area contributed by atoms with Gasteiger partial charge in [-0.2, -0.15) is 10.2 Å². The predicted octanol–water partition coefficient (Wildman–Crippen LogP) is 1.96. The number of benzene rings is 1. The molecular weight excluding hydrogens is 278 g/mol. The van der Waals surface area contributed by atoms with Crippen molar-refractivity contribution in [3.05, 3.63) is 48.4 Å². The Labute approximate surface area is 128 Å². The van der Waals surface area contributed by atoms with E-state index in [2.05, 4.69) is 15.5 Å². The summed E-state index contributed by atoms with van der Waals surface area (Å²) >= 11 is 0. The second kappa shape index (κ2) is 6.43. The summed E-state index contributed by atoms with van der Waals surface area (Å²) in [5.41, 5.74) is 2.07. The summed E-state index contributed by atoms with van der Waals surface area (Å²) in [5.74, 6) is 0.0174. The first kappa shape index (κ1) is 14.3. The molecule has 2 heterocycles. The molecule has 1 aromatic carbocycles. The first-order valence-electron chi connectivity index (χ1n) is 7.45. The Morgan fingerprint density at radius 1 is 1.23 bits per heavy atom. The Morgan fingerprint density at radius 2 is 2.09 bits per heavy atom. The zero-order valence-electron chi connectivity index (χ0n) is 12.6. The third-order valence-electron chi connectivity index (χ3n) is 3.60. The van der Waals surface area contributed by atoms with Gasteiger partial charge in [-0.15, -0.1) is 0 Å². The molecule has 0 saturated heterocycles. The molecule has 3 aromatic rings. The van der Waals surface area contributed by atoms with Gasteiger partial charge in [0.25, 0.3) is 0 Å². The highest BCUT2D eigenvalue weighted by molar-refractivity contribution is 5.79. The second-order valence-electron chi connectivity index (χ2n) is 5.16. The van der Waals surface area contributed by atoms with Crippen LogP contribution in [0.4, 0.5) is 0 Å². The second-order valence-corrected chi connectivity index (χ2v) is 5.16. The van der Waals surface area contributed by atoms with Crippen molar-refractivity contribution in [2.24, 2.45) is 0 Å². The molecule has 1 amide bonds. The molecule has 6 heteroatoms. The molecule has 0 aliphatic rings. The van der Waals surface area contributed by atoms with E-state index in [0.717, 1.165) is 23.0 Å². The van der Waals surface area contributed by atoms with Crippen molar-refractivity contribution >= 4 is 16.8 Å². The number of nitrogens with one attached hydrogen (secondary N) is 1. The van der Waals surface area contributed by atoms with E-state index in [4.69, 9.17) is 0 Å². The van der Waals surface area contributed by atoms with Crippen LogP contribution in [0.25, 0.3) is 10.9 Å². The lowest BCUT2D eigenvalue weighted by Crippen LogP contribution is -2.23. The molecule has 0 aliphatic carbocycles. The van der Waals surface area contributed by atoms with Gasteiger partial charge >= 0.3 is 0 Å². The van der Waals surface area contributed by atoms with Gasteiger partial charge in [0.15, 0.2) is 0 Å². The maximum Gasteiger partial charge on any atom is 0.222 e. The van der Waals surface area contributed by atoms with Crippen molar-refractivity contribution in [3.63, 3.8) is 0 Å². The Bertz CT molecular complexity index is 774. The van der Waals surface area contributed by atoms with Crippen molar-refractivity contribution in [2.75, 3.05) is 0 Å². The van der Waals surface area contributed by atoms with Gasteiger partial charge in [-0.1, -0.05) is 18.2 Å². The third kappa shape index (κ3) is 3.16. The highest BCUT2D eigenvalue weighted by Gasteiger charge is 2.06. The van der Waals surface area contributed by atoms with Gasteiger partial charge in [-0.3, -0.25) is 14.2 Å². The van der Waals surface area contributed by atoms with Gasteiger partial charge in [0.05, 0.1) is 24.5 Å². The normalized spacial score (nSPS) is 11.0. The molecule has 22 heavy (non-hydrogen) atoms. The van der Waals surface area contributed by atoms with Gasteiger partial charge in [-0.25, -0.2) is 0 Å². The molecule has 2 aromatic heterocycles. The van der Waals surface area contributed by atoms with Gasteiger partial charge in [0.2, 0.25) is 5.91 Å². The fraction of sp³-hybridized carbons (Fsp3) is 0.312. The van der Waals surface area contributed by atoms with Gasteiger partial charge in [-0.05, 0) is 13.0 Å². The van der Waals surface area contributed by atoms with E-state index in [1.54, 1.807) is 6.20 Å². The minimum absolute atomic E-state index is 0.0174. The van der Waals surface area contributed by atoms with Crippen LogP contribution in [0.3, 0.4) is 0 Å². The lowest BCUT2D eigenvalue weighted by Gasteiger charge is -2.05. The van der Waals surface area contributed by atoms with Crippen LogP contribution >= 0.6 is 0 Å². The standard InChI is InChI=1S/C16H19N5O/c1-2-20-12-13(10-18-20)9-17-16(22)7-8-21-15-6-4-3-5-14(15)11-19-21/h3-6,10-12H,2,7-9H2,1H3,(H,17,22). The number of para-hydroxylation sites is 1. The summed E-state index contributed by atoms with van der Waals surface area (Å²) in [6, 6.07) is 7.99. The SMILES string of the molecule is CCn1cc(CNC(=O)CCn2ncc3ccccc32)cn1. The monoisotopic (exact) mass is 297 g/mol. The maximum absolute atomic E-state index is 11.9. The van der Waals surface area contributed by atoms with E-state index in [9.17, 15) is 4.79 Å². The average Bonchev–Trinajstić information content (AvgIpc) is 3.17. The van der Waals surface area contributed by atoms with Crippen molar-refractivity contribution in [1.29, 1.82) is 0 Å². The Morgan fingerprint density at radius 3 is 2.91 bits per heavy atom. The van der Waals surface area contributed by atoms with Crippen molar-refractivity contribution in [3.8, 4) is 0 Å². The lowest BCUT2D eigenvalue weighted by atomic mass is 10.2. The fourth-order valence-corrected chi connectivity index (χ4v) is 2.37. The lowest BCUT2D eigenvalue weighted by molar-refractivity contribution is -0.121.